The molecular weight excluding hydrogens is 201 g/mol. The van der Waals surface area contributed by atoms with E-state index in [0.717, 1.165) is 23.1 Å². The molecule has 1 N–H and O–H groups in total. The van der Waals surface area contributed by atoms with Crippen LogP contribution in [0, 0.1) is 6.92 Å². The van der Waals surface area contributed by atoms with Gasteiger partial charge in [0.1, 0.15) is 0 Å². The quantitative estimate of drug-likeness (QED) is 0.755. The van der Waals surface area contributed by atoms with Crippen molar-refractivity contribution in [3.63, 3.8) is 0 Å². The second-order valence-electron chi connectivity index (χ2n) is 2.98. The van der Waals surface area contributed by atoms with Crippen LogP contribution < -0.4 is 0 Å². The van der Waals surface area contributed by atoms with Gasteiger partial charge < -0.3 is 5.11 Å². The Morgan fingerprint density at radius 3 is 2.15 bits per heavy atom. The third-order valence-electron chi connectivity index (χ3n) is 1.77. The first-order valence-corrected chi connectivity index (χ1v) is 4.43. The lowest BCUT2D eigenvalue weighted by Crippen LogP contribution is -2.38. The second-order valence-corrected chi connectivity index (χ2v) is 4.27. The fourth-order valence-electron chi connectivity index (χ4n) is 0.836. The summed E-state index contributed by atoms with van der Waals surface area (Å²) >= 11 is 0.952. The number of aryl methyl sites for hydroxylation is 1. The van der Waals surface area contributed by atoms with Crippen LogP contribution >= 0.6 is 11.3 Å². The highest BCUT2D eigenvalue weighted by Crippen LogP contribution is 2.41. The van der Waals surface area contributed by atoms with Crippen molar-refractivity contribution in [2.24, 2.45) is 0 Å². The molecule has 0 aliphatic carbocycles. The van der Waals surface area contributed by atoms with Gasteiger partial charge >= 0.3 is 6.18 Å². The lowest BCUT2D eigenvalue weighted by Gasteiger charge is -2.24. The summed E-state index contributed by atoms with van der Waals surface area (Å²) in [6, 6.07) is 2.85. The summed E-state index contributed by atoms with van der Waals surface area (Å²) < 4.78 is 36.9. The SMILES string of the molecule is Cc1ccc(C(C)(O)C(F)(F)F)s1. The first kappa shape index (κ1) is 10.5. The molecule has 1 aromatic heterocycles. The molecule has 0 saturated carbocycles. The van der Waals surface area contributed by atoms with Crippen molar-refractivity contribution in [3.05, 3.63) is 21.9 Å². The molecule has 5 heteroatoms. The first-order chi connectivity index (χ1) is 5.75. The molecule has 0 amide bonds. The van der Waals surface area contributed by atoms with Gasteiger partial charge in [0, 0.05) is 9.75 Å². The van der Waals surface area contributed by atoms with E-state index >= 15 is 0 Å². The van der Waals surface area contributed by atoms with Gasteiger partial charge in [-0.25, -0.2) is 0 Å². The fraction of sp³-hybridized carbons (Fsp3) is 0.500. The maximum Gasteiger partial charge on any atom is 0.421 e. The van der Waals surface area contributed by atoms with Crippen LogP contribution in [0.1, 0.15) is 16.7 Å². The molecule has 1 rings (SSSR count). The molecule has 1 unspecified atom stereocenters. The number of halogens is 3. The minimum absolute atomic E-state index is 0.0718. The summed E-state index contributed by atoms with van der Waals surface area (Å²) in [5, 5.41) is 9.22. The predicted octanol–water partition coefficient (Wildman–Crippen LogP) is 2.83. The third-order valence-corrected chi connectivity index (χ3v) is 2.98. The van der Waals surface area contributed by atoms with Gasteiger partial charge in [-0.05, 0) is 26.0 Å². The molecular formula is C8H9F3OS. The topological polar surface area (TPSA) is 20.2 Å². The van der Waals surface area contributed by atoms with Crippen LogP contribution in [0.25, 0.3) is 0 Å². The van der Waals surface area contributed by atoms with Crippen LogP contribution in [0.4, 0.5) is 13.2 Å². The second kappa shape index (κ2) is 2.99. The van der Waals surface area contributed by atoms with Gasteiger partial charge in [-0.2, -0.15) is 13.2 Å². The number of alkyl halides is 3. The zero-order chi connectivity index (χ0) is 10.3. The Bertz CT molecular complexity index is 301. The Kier molecular flexibility index (Phi) is 2.42. The first-order valence-electron chi connectivity index (χ1n) is 3.61. The molecule has 0 aromatic carbocycles. The maximum atomic E-state index is 12.3. The van der Waals surface area contributed by atoms with Crippen molar-refractivity contribution in [1.82, 2.24) is 0 Å². The Morgan fingerprint density at radius 2 is 1.85 bits per heavy atom. The van der Waals surface area contributed by atoms with E-state index in [1.165, 1.54) is 6.07 Å². The molecule has 1 aromatic rings. The molecule has 0 spiro atoms. The summed E-state index contributed by atoms with van der Waals surface area (Å²) in [7, 11) is 0. The Balaban J connectivity index is 3.07. The van der Waals surface area contributed by atoms with Crippen LogP contribution in [0.15, 0.2) is 12.1 Å². The average Bonchev–Trinajstić information content (AvgIpc) is 2.33. The van der Waals surface area contributed by atoms with Crippen molar-refractivity contribution in [2.45, 2.75) is 25.6 Å². The molecule has 13 heavy (non-hydrogen) atoms. The zero-order valence-electron chi connectivity index (χ0n) is 7.14. The van der Waals surface area contributed by atoms with Crippen LogP contribution in [-0.2, 0) is 5.60 Å². The molecule has 0 aliphatic heterocycles. The van der Waals surface area contributed by atoms with Crippen molar-refractivity contribution >= 4 is 11.3 Å². The van der Waals surface area contributed by atoms with Crippen molar-refractivity contribution in [2.75, 3.05) is 0 Å². The Labute approximate surface area is 77.8 Å². The Morgan fingerprint density at radius 1 is 1.31 bits per heavy atom. The highest BCUT2D eigenvalue weighted by atomic mass is 32.1. The molecule has 0 saturated heterocycles. The van der Waals surface area contributed by atoms with Crippen LogP contribution in [0.3, 0.4) is 0 Å². The van der Waals surface area contributed by atoms with E-state index in [1.807, 2.05) is 0 Å². The predicted molar refractivity (Wildman–Crippen MR) is 44.7 cm³/mol. The number of rotatable bonds is 1. The summed E-state index contributed by atoms with van der Waals surface area (Å²) in [6.07, 6.45) is -4.62. The number of hydrogen-bond donors (Lipinski definition) is 1. The van der Waals surface area contributed by atoms with E-state index in [-0.39, 0.29) is 4.88 Å². The minimum Gasteiger partial charge on any atom is -0.376 e. The average molecular weight is 210 g/mol. The van der Waals surface area contributed by atoms with Gasteiger partial charge in [-0.3, -0.25) is 0 Å². The number of aliphatic hydroxyl groups is 1. The summed E-state index contributed by atoms with van der Waals surface area (Å²) in [5.74, 6) is 0. The fourth-order valence-corrected chi connectivity index (χ4v) is 1.77. The van der Waals surface area contributed by atoms with Crippen molar-refractivity contribution in [1.29, 1.82) is 0 Å². The number of thiophene rings is 1. The summed E-state index contributed by atoms with van der Waals surface area (Å²) in [4.78, 5) is 0.678. The van der Waals surface area contributed by atoms with E-state index in [4.69, 9.17) is 0 Å². The van der Waals surface area contributed by atoms with E-state index in [0.29, 0.717) is 0 Å². The van der Waals surface area contributed by atoms with Crippen molar-refractivity contribution in [3.8, 4) is 0 Å². The van der Waals surface area contributed by atoms with Gasteiger partial charge in [-0.1, -0.05) is 0 Å². The zero-order valence-corrected chi connectivity index (χ0v) is 7.96. The monoisotopic (exact) mass is 210 g/mol. The van der Waals surface area contributed by atoms with Crippen molar-refractivity contribution < 1.29 is 18.3 Å². The molecule has 0 aliphatic rings. The molecule has 0 radical (unpaired) electrons. The molecule has 1 heterocycles. The highest BCUT2D eigenvalue weighted by Gasteiger charge is 2.51. The third kappa shape index (κ3) is 1.86. The highest BCUT2D eigenvalue weighted by molar-refractivity contribution is 7.12. The van der Waals surface area contributed by atoms with Crippen LogP contribution in [0.2, 0.25) is 0 Å². The standard InChI is InChI=1S/C8H9F3OS/c1-5-3-4-6(13-5)7(2,12)8(9,10)11/h3-4,12H,1-2H3. The lowest BCUT2D eigenvalue weighted by atomic mass is 10.1. The molecule has 1 atom stereocenters. The van der Waals surface area contributed by atoms with Crippen LogP contribution in [-0.4, -0.2) is 11.3 Å². The van der Waals surface area contributed by atoms with E-state index < -0.39 is 11.8 Å². The van der Waals surface area contributed by atoms with Gasteiger partial charge in [0.05, 0.1) is 0 Å². The Hall–Kier alpha value is -0.550. The number of hydrogen-bond acceptors (Lipinski definition) is 2. The summed E-state index contributed by atoms with van der Waals surface area (Å²) in [6.45, 7) is 2.46. The normalized spacial score (nSPS) is 17.1. The van der Waals surface area contributed by atoms with Gasteiger partial charge in [0.25, 0.3) is 0 Å². The molecule has 0 bridgehead atoms. The van der Waals surface area contributed by atoms with Crippen LogP contribution in [0.5, 0.6) is 0 Å². The smallest absolute Gasteiger partial charge is 0.376 e. The largest absolute Gasteiger partial charge is 0.421 e. The van der Waals surface area contributed by atoms with Gasteiger partial charge in [-0.15, -0.1) is 11.3 Å². The minimum atomic E-state index is -4.62. The lowest BCUT2D eigenvalue weighted by molar-refractivity contribution is -0.257. The molecule has 74 valence electrons. The van der Waals surface area contributed by atoms with E-state index in [1.54, 1.807) is 13.0 Å². The van der Waals surface area contributed by atoms with Gasteiger partial charge in [0.2, 0.25) is 0 Å². The summed E-state index contributed by atoms with van der Waals surface area (Å²) in [5.41, 5.74) is -2.73. The van der Waals surface area contributed by atoms with Gasteiger partial charge in [0.15, 0.2) is 5.60 Å². The molecule has 0 fully saturated rings. The molecule has 1 nitrogen and oxygen atoms in total. The van der Waals surface area contributed by atoms with E-state index in [2.05, 4.69) is 0 Å². The van der Waals surface area contributed by atoms with E-state index in [9.17, 15) is 18.3 Å². The maximum absolute atomic E-state index is 12.3.